The number of hydrogen-bond donors (Lipinski definition) is 1. The number of aromatic nitrogens is 1. The molecule has 37 heavy (non-hydrogen) atoms. The van der Waals surface area contributed by atoms with Gasteiger partial charge in [0.05, 0.1) is 16.7 Å². The first-order chi connectivity index (χ1) is 17.9. The summed E-state index contributed by atoms with van der Waals surface area (Å²) in [6, 6.07) is 31.7. The van der Waals surface area contributed by atoms with Crippen molar-refractivity contribution in [2.45, 2.75) is 23.2 Å². The van der Waals surface area contributed by atoms with Crippen LogP contribution in [0.1, 0.15) is 22.7 Å². The minimum atomic E-state index is -3.80. The minimum Gasteiger partial charge on any atom is -0.344 e. The number of fused-ring (bicyclic) bond motifs is 1. The molecule has 1 amide bonds. The van der Waals surface area contributed by atoms with Crippen molar-refractivity contribution in [3.63, 3.8) is 0 Å². The van der Waals surface area contributed by atoms with E-state index in [1.165, 1.54) is 24.4 Å². The quantitative estimate of drug-likeness (QED) is 0.292. The molecule has 5 nitrogen and oxygen atoms in total. The van der Waals surface area contributed by atoms with Gasteiger partial charge < -0.3 is 9.88 Å². The van der Waals surface area contributed by atoms with Crippen molar-refractivity contribution in [2.24, 2.45) is 0 Å². The number of nitrogens with one attached hydrogen (secondary N) is 1. The van der Waals surface area contributed by atoms with E-state index in [2.05, 4.69) is 5.32 Å². The van der Waals surface area contributed by atoms with Gasteiger partial charge in [0.1, 0.15) is 12.4 Å². The van der Waals surface area contributed by atoms with E-state index >= 15 is 0 Å². The Bertz CT molecular complexity index is 1610. The number of carbonyl (C=O) groups excluding carboxylic acids is 1. The Morgan fingerprint density at radius 1 is 0.811 bits per heavy atom. The smallest absolute Gasteiger partial charge is 0.240 e. The van der Waals surface area contributed by atoms with Gasteiger partial charge in [0.2, 0.25) is 5.91 Å². The zero-order valence-corrected chi connectivity index (χ0v) is 20.7. The van der Waals surface area contributed by atoms with Crippen molar-refractivity contribution in [3.05, 3.63) is 138 Å². The van der Waals surface area contributed by atoms with E-state index in [9.17, 15) is 17.6 Å². The van der Waals surface area contributed by atoms with Crippen LogP contribution in [0.2, 0.25) is 0 Å². The Labute approximate surface area is 215 Å². The molecule has 0 atom stereocenters. The lowest BCUT2D eigenvalue weighted by Crippen LogP contribution is -2.32. The highest BCUT2D eigenvalue weighted by atomic mass is 32.2. The van der Waals surface area contributed by atoms with E-state index in [0.717, 1.165) is 11.1 Å². The van der Waals surface area contributed by atoms with Gasteiger partial charge in [0.25, 0.3) is 0 Å². The summed E-state index contributed by atoms with van der Waals surface area (Å²) in [6.07, 6.45) is 1.50. The van der Waals surface area contributed by atoms with Gasteiger partial charge in [0, 0.05) is 17.1 Å². The molecule has 0 radical (unpaired) electrons. The Hall–Kier alpha value is -4.23. The number of benzene rings is 4. The first-order valence-corrected chi connectivity index (χ1v) is 13.5. The number of hydrogen-bond acceptors (Lipinski definition) is 3. The standard InChI is InChI=1S/C30H25FN2O3S/c31-25-15-9-10-22(18-25)21-37(35,36)28-19-33(27-17-8-7-16-26(27)28)20-29(34)32-30(23-11-3-1-4-12-23)24-13-5-2-6-14-24/h1-19,30H,20-21H2,(H,32,34). The van der Waals surface area contributed by atoms with Gasteiger partial charge in [-0.25, -0.2) is 12.8 Å². The predicted molar refractivity (Wildman–Crippen MR) is 142 cm³/mol. The lowest BCUT2D eigenvalue weighted by molar-refractivity contribution is -0.122. The van der Waals surface area contributed by atoms with Gasteiger partial charge >= 0.3 is 0 Å². The maximum atomic E-state index is 13.7. The van der Waals surface area contributed by atoms with Crippen molar-refractivity contribution in [1.29, 1.82) is 0 Å². The van der Waals surface area contributed by atoms with Crippen molar-refractivity contribution in [2.75, 3.05) is 0 Å². The summed E-state index contributed by atoms with van der Waals surface area (Å²) in [4.78, 5) is 13.4. The molecule has 0 aliphatic heterocycles. The fraction of sp³-hybridized carbons (Fsp3) is 0.100. The van der Waals surface area contributed by atoms with Gasteiger partial charge in [-0.2, -0.15) is 0 Å². The summed E-state index contributed by atoms with van der Waals surface area (Å²) in [5, 5.41) is 3.63. The van der Waals surface area contributed by atoms with E-state index in [1.807, 2.05) is 60.7 Å². The summed E-state index contributed by atoms with van der Waals surface area (Å²) < 4.78 is 42.0. The fourth-order valence-electron chi connectivity index (χ4n) is 4.53. The summed E-state index contributed by atoms with van der Waals surface area (Å²) in [5.41, 5.74) is 2.88. The molecule has 0 bridgehead atoms. The Morgan fingerprint density at radius 3 is 2.08 bits per heavy atom. The molecule has 0 saturated carbocycles. The third kappa shape index (κ3) is 5.47. The van der Waals surface area contributed by atoms with Crippen LogP contribution in [0.4, 0.5) is 4.39 Å². The maximum absolute atomic E-state index is 13.7. The van der Waals surface area contributed by atoms with Crippen molar-refractivity contribution in [3.8, 4) is 0 Å². The number of halogens is 1. The number of nitrogens with zero attached hydrogens (tertiary/aromatic N) is 1. The third-order valence-electron chi connectivity index (χ3n) is 6.22. The van der Waals surface area contributed by atoms with Crippen LogP contribution >= 0.6 is 0 Å². The summed E-state index contributed by atoms with van der Waals surface area (Å²) in [7, 11) is -3.80. The van der Waals surface area contributed by atoms with Crippen LogP contribution in [0.15, 0.2) is 120 Å². The molecule has 1 heterocycles. The van der Waals surface area contributed by atoms with Crippen molar-refractivity contribution >= 4 is 26.6 Å². The molecular formula is C30H25FN2O3S. The summed E-state index contributed by atoms with van der Waals surface area (Å²) in [5.74, 6) is -1.08. The van der Waals surface area contributed by atoms with Gasteiger partial charge in [-0.3, -0.25) is 4.79 Å². The molecule has 5 rings (SSSR count). The molecule has 186 valence electrons. The number of sulfone groups is 1. The van der Waals surface area contributed by atoms with Crippen molar-refractivity contribution in [1.82, 2.24) is 9.88 Å². The monoisotopic (exact) mass is 512 g/mol. The minimum absolute atomic E-state index is 0.0633. The largest absolute Gasteiger partial charge is 0.344 e. The number of amides is 1. The van der Waals surface area contributed by atoms with E-state index in [-0.39, 0.29) is 29.1 Å². The highest BCUT2D eigenvalue weighted by Gasteiger charge is 2.23. The first kappa shape index (κ1) is 24.5. The average Bonchev–Trinajstić information content (AvgIpc) is 3.27. The molecule has 1 N–H and O–H groups in total. The highest BCUT2D eigenvalue weighted by molar-refractivity contribution is 7.90. The van der Waals surface area contributed by atoms with Crippen LogP contribution in [0, 0.1) is 5.82 Å². The Balaban J connectivity index is 1.45. The Kier molecular flexibility index (Phi) is 6.88. The number of rotatable bonds is 8. The molecule has 1 aromatic heterocycles. The maximum Gasteiger partial charge on any atom is 0.240 e. The van der Waals surface area contributed by atoms with Crippen LogP contribution < -0.4 is 5.32 Å². The van der Waals surface area contributed by atoms with Gasteiger partial charge in [-0.05, 0) is 34.9 Å². The first-order valence-electron chi connectivity index (χ1n) is 11.8. The second-order valence-electron chi connectivity index (χ2n) is 8.85. The van der Waals surface area contributed by atoms with Gasteiger partial charge in [-0.15, -0.1) is 0 Å². The lowest BCUT2D eigenvalue weighted by atomic mass is 9.99. The number of carbonyl (C=O) groups is 1. The molecular weight excluding hydrogens is 487 g/mol. The van der Waals surface area contributed by atoms with Crippen LogP contribution in [0.5, 0.6) is 0 Å². The normalized spacial score (nSPS) is 11.6. The lowest BCUT2D eigenvalue weighted by Gasteiger charge is -2.20. The topological polar surface area (TPSA) is 68.2 Å². The fourth-order valence-corrected chi connectivity index (χ4v) is 6.10. The average molecular weight is 513 g/mol. The summed E-state index contributed by atoms with van der Waals surface area (Å²) in [6.45, 7) is -0.0633. The van der Waals surface area contributed by atoms with Crippen LogP contribution in [0.25, 0.3) is 10.9 Å². The van der Waals surface area contributed by atoms with Crippen LogP contribution in [0.3, 0.4) is 0 Å². The summed E-state index contributed by atoms with van der Waals surface area (Å²) >= 11 is 0. The van der Waals surface area contributed by atoms with Gasteiger partial charge in [-0.1, -0.05) is 91.0 Å². The van der Waals surface area contributed by atoms with E-state index < -0.39 is 15.7 Å². The molecule has 0 aliphatic carbocycles. The zero-order chi connectivity index (χ0) is 25.8. The number of para-hydroxylation sites is 1. The molecule has 4 aromatic carbocycles. The molecule has 0 fully saturated rings. The van der Waals surface area contributed by atoms with Gasteiger partial charge in [0.15, 0.2) is 9.84 Å². The predicted octanol–water partition coefficient (Wildman–Crippen LogP) is 5.66. The highest BCUT2D eigenvalue weighted by Crippen LogP contribution is 2.29. The molecule has 0 unspecified atom stereocenters. The second kappa shape index (κ2) is 10.4. The van der Waals surface area contributed by atoms with Crippen molar-refractivity contribution < 1.29 is 17.6 Å². The zero-order valence-electron chi connectivity index (χ0n) is 19.9. The SMILES string of the molecule is O=C(Cn1cc(S(=O)(=O)Cc2cccc(F)c2)c2ccccc21)NC(c1ccccc1)c1ccccc1. The molecule has 0 saturated heterocycles. The third-order valence-corrected chi connectivity index (χ3v) is 7.93. The molecule has 7 heteroatoms. The second-order valence-corrected chi connectivity index (χ2v) is 10.8. The van der Waals surface area contributed by atoms with E-state index in [1.54, 1.807) is 34.9 Å². The van der Waals surface area contributed by atoms with Crippen LogP contribution in [-0.4, -0.2) is 18.9 Å². The molecule has 0 spiro atoms. The molecule has 0 aliphatic rings. The van der Waals surface area contributed by atoms with E-state index in [0.29, 0.717) is 16.5 Å². The van der Waals surface area contributed by atoms with Crippen LogP contribution in [-0.2, 0) is 26.9 Å². The Morgan fingerprint density at radius 2 is 1.43 bits per heavy atom. The van der Waals surface area contributed by atoms with E-state index in [4.69, 9.17) is 0 Å². The molecule has 5 aromatic rings.